The van der Waals surface area contributed by atoms with Gasteiger partial charge in [0.2, 0.25) is 0 Å². The predicted octanol–water partition coefficient (Wildman–Crippen LogP) is 1.79. The van der Waals surface area contributed by atoms with Crippen molar-refractivity contribution in [1.82, 2.24) is 0 Å². The van der Waals surface area contributed by atoms with Crippen LogP contribution in [-0.4, -0.2) is 12.1 Å². The first-order valence-electron chi connectivity index (χ1n) is 5.54. The maximum Gasteiger partial charge on any atom is 0.560 e. The molecule has 0 saturated heterocycles. The van der Waals surface area contributed by atoms with Gasteiger partial charge in [0.05, 0.1) is 6.26 Å². The van der Waals surface area contributed by atoms with E-state index in [4.69, 9.17) is 4.65 Å². The molecule has 0 spiro atoms. The van der Waals surface area contributed by atoms with Gasteiger partial charge in [-0.25, -0.2) is 0 Å². The summed E-state index contributed by atoms with van der Waals surface area (Å²) in [5.41, 5.74) is 3.93. The second-order valence-electron chi connectivity index (χ2n) is 3.97. The lowest BCUT2D eigenvalue weighted by molar-refractivity contribution is 0.385. The molecule has 0 aliphatic carbocycles. The van der Waals surface area contributed by atoms with Crippen molar-refractivity contribution in [1.29, 1.82) is 0 Å². The minimum absolute atomic E-state index is 0.814. The zero-order valence-corrected chi connectivity index (χ0v) is 9.21. The third-order valence-corrected chi connectivity index (χ3v) is 2.92. The van der Waals surface area contributed by atoms with Gasteiger partial charge < -0.3 is 9.68 Å². The highest BCUT2D eigenvalue weighted by molar-refractivity contribution is 6.62. The van der Waals surface area contributed by atoms with E-state index in [1.165, 1.54) is 0 Å². The van der Waals surface area contributed by atoms with Crippen LogP contribution in [0.1, 0.15) is 11.1 Å². The highest BCUT2D eigenvalue weighted by atomic mass is 16.5. The van der Waals surface area contributed by atoms with E-state index in [2.05, 4.69) is 0 Å². The molecule has 1 N–H and O–H groups in total. The fraction of sp³-hybridized carbons (Fsp3) is 0. The zero-order valence-electron chi connectivity index (χ0n) is 9.21. The van der Waals surface area contributed by atoms with E-state index in [1.807, 2.05) is 54.6 Å². The number of hydrogen-bond acceptors (Lipinski definition) is 2. The molecule has 2 aromatic carbocycles. The second-order valence-corrected chi connectivity index (χ2v) is 3.97. The van der Waals surface area contributed by atoms with Gasteiger partial charge in [-0.15, -0.1) is 0 Å². The van der Waals surface area contributed by atoms with Gasteiger partial charge in [0.1, 0.15) is 0 Å². The molecule has 0 unspecified atom stereocenters. The molecule has 2 nitrogen and oxygen atoms in total. The lowest BCUT2D eigenvalue weighted by Gasteiger charge is -2.20. The summed E-state index contributed by atoms with van der Waals surface area (Å²) in [5.74, 6) is 0. The summed E-state index contributed by atoms with van der Waals surface area (Å²) in [7, 11) is -0.862. The lowest BCUT2D eigenvalue weighted by Crippen LogP contribution is -2.37. The third kappa shape index (κ3) is 1.75. The van der Waals surface area contributed by atoms with Gasteiger partial charge in [-0.1, -0.05) is 54.6 Å². The van der Waals surface area contributed by atoms with Gasteiger partial charge in [-0.2, -0.15) is 0 Å². The quantitative estimate of drug-likeness (QED) is 0.745. The first-order valence-corrected chi connectivity index (χ1v) is 5.54. The first-order chi connectivity index (χ1) is 8.36. The Morgan fingerprint density at radius 3 is 2.41 bits per heavy atom. The summed E-state index contributed by atoms with van der Waals surface area (Å²) in [6.45, 7) is 0. The van der Waals surface area contributed by atoms with E-state index < -0.39 is 7.12 Å². The summed E-state index contributed by atoms with van der Waals surface area (Å²) in [4.78, 5) is 0. The van der Waals surface area contributed by atoms with Crippen LogP contribution in [0.3, 0.4) is 0 Å². The van der Waals surface area contributed by atoms with Crippen molar-refractivity contribution in [3.05, 3.63) is 72.0 Å². The van der Waals surface area contributed by atoms with E-state index >= 15 is 0 Å². The molecule has 82 valence electrons. The molecule has 1 aliphatic rings. The monoisotopic (exact) mass is 222 g/mol. The molecule has 17 heavy (non-hydrogen) atoms. The highest BCUT2D eigenvalue weighted by Crippen LogP contribution is 2.24. The van der Waals surface area contributed by atoms with Crippen LogP contribution in [0.5, 0.6) is 0 Å². The molecule has 0 atom stereocenters. The summed E-state index contributed by atoms with van der Waals surface area (Å²) in [6.07, 6.45) is 1.63. The Bertz CT molecular complexity index is 563. The highest BCUT2D eigenvalue weighted by Gasteiger charge is 2.26. The summed E-state index contributed by atoms with van der Waals surface area (Å²) in [6, 6.07) is 17.8. The van der Waals surface area contributed by atoms with Crippen LogP contribution in [-0.2, 0) is 4.65 Å². The molecule has 3 heteroatoms. The van der Waals surface area contributed by atoms with Gasteiger partial charge in [-0.3, -0.25) is 0 Å². The van der Waals surface area contributed by atoms with Crippen molar-refractivity contribution >= 4 is 18.2 Å². The maximum atomic E-state index is 9.76. The summed E-state index contributed by atoms with van der Waals surface area (Å²) < 4.78 is 5.26. The van der Waals surface area contributed by atoms with Gasteiger partial charge in [0.25, 0.3) is 0 Å². The largest absolute Gasteiger partial charge is 0.560 e. The van der Waals surface area contributed by atoms with Crippen molar-refractivity contribution in [2.24, 2.45) is 0 Å². The van der Waals surface area contributed by atoms with E-state index in [9.17, 15) is 5.02 Å². The van der Waals surface area contributed by atoms with E-state index in [0.717, 1.165) is 22.2 Å². The van der Waals surface area contributed by atoms with Crippen molar-refractivity contribution in [2.45, 2.75) is 0 Å². The van der Waals surface area contributed by atoms with Crippen molar-refractivity contribution in [3.63, 3.8) is 0 Å². The number of fused-ring (bicyclic) bond motifs is 1. The predicted molar refractivity (Wildman–Crippen MR) is 68.7 cm³/mol. The Morgan fingerprint density at radius 2 is 1.59 bits per heavy atom. The SMILES string of the molecule is OB1OC=C(c2ccccc2)c2ccccc21. The van der Waals surface area contributed by atoms with E-state index in [-0.39, 0.29) is 0 Å². The Kier molecular flexibility index (Phi) is 2.46. The van der Waals surface area contributed by atoms with Crippen molar-refractivity contribution < 1.29 is 9.68 Å². The molecule has 0 fully saturated rings. The minimum Gasteiger partial charge on any atom is -0.538 e. The Labute approximate surface area is 100 Å². The van der Waals surface area contributed by atoms with Gasteiger partial charge in [-0.05, 0) is 11.1 Å². The molecule has 3 rings (SSSR count). The van der Waals surface area contributed by atoms with E-state index in [1.54, 1.807) is 6.26 Å². The minimum atomic E-state index is -0.862. The molecule has 1 heterocycles. The Balaban J connectivity index is 2.14. The van der Waals surface area contributed by atoms with Crippen LogP contribution in [0.2, 0.25) is 0 Å². The molecule has 0 amide bonds. The summed E-state index contributed by atoms with van der Waals surface area (Å²) >= 11 is 0. The molecule has 0 saturated carbocycles. The fourth-order valence-corrected chi connectivity index (χ4v) is 2.07. The molecular formula is C14H11BO2. The molecule has 0 aromatic heterocycles. The number of hydrogen-bond donors (Lipinski definition) is 1. The van der Waals surface area contributed by atoms with Crippen LogP contribution in [0.4, 0.5) is 0 Å². The van der Waals surface area contributed by atoms with E-state index in [0.29, 0.717) is 0 Å². The third-order valence-electron chi connectivity index (χ3n) is 2.92. The van der Waals surface area contributed by atoms with Crippen molar-refractivity contribution in [2.75, 3.05) is 0 Å². The Morgan fingerprint density at radius 1 is 0.882 bits per heavy atom. The first kappa shape index (κ1) is 10.2. The summed E-state index contributed by atoms with van der Waals surface area (Å²) in [5, 5.41) is 9.76. The van der Waals surface area contributed by atoms with Crippen LogP contribution in [0.15, 0.2) is 60.9 Å². The van der Waals surface area contributed by atoms with Crippen LogP contribution >= 0.6 is 0 Å². The van der Waals surface area contributed by atoms with Crippen LogP contribution in [0.25, 0.3) is 5.57 Å². The average Bonchev–Trinajstić information content (AvgIpc) is 2.41. The molecule has 0 bridgehead atoms. The lowest BCUT2D eigenvalue weighted by atomic mass is 9.72. The average molecular weight is 222 g/mol. The maximum absolute atomic E-state index is 9.76. The molecule has 1 aliphatic heterocycles. The molecule has 0 radical (unpaired) electrons. The number of benzene rings is 2. The molecule has 2 aromatic rings. The Hall–Kier alpha value is -2.00. The normalized spacial score (nSPS) is 13.7. The van der Waals surface area contributed by atoms with Crippen LogP contribution in [0, 0.1) is 0 Å². The standard InChI is InChI=1S/C14H11BO2/c16-15-14-9-5-4-8-12(14)13(10-17-15)11-6-2-1-3-7-11/h1-10,16H. The van der Waals surface area contributed by atoms with Crippen LogP contribution < -0.4 is 5.46 Å². The number of rotatable bonds is 1. The second kappa shape index (κ2) is 4.11. The van der Waals surface area contributed by atoms with Crippen molar-refractivity contribution in [3.8, 4) is 0 Å². The van der Waals surface area contributed by atoms with Gasteiger partial charge in [0, 0.05) is 11.0 Å². The smallest absolute Gasteiger partial charge is 0.538 e. The van der Waals surface area contributed by atoms with Gasteiger partial charge in [0.15, 0.2) is 0 Å². The fourth-order valence-electron chi connectivity index (χ4n) is 2.07. The molecular weight excluding hydrogens is 211 g/mol. The zero-order chi connectivity index (χ0) is 11.7. The topological polar surface area (TPSA) is 29.5 Å². The van der Waals surface area contributed by atoms with Gasteiger partial charge >= 0.3 is 7.12 Å².